The zero-order chi connectivity index (χ0) is 32.9. The fraction of sp³-hybridized carbons (Fsp3) is 0.146. The Morgan fingerprint density at radius 2 is 1.26 bits per heavy atom. The smallest absolute Gasteiger partial charge is 0.145 e. The van der Waals surface area contributed by atoms with Crippen LogP contribution in [0.3, 0.4) is 0 Å². The zero-order valence-electron chi connectivity index (χ0n) is 27.1. The van der Waals surface area contributed by atoms with Gasteiger partial charge in [0.15, 0.2) is 0 Å². The number of rotatable bonds is 0. The molecule has 0 bridgehead atoms. The Balaban J connectivity index is 0.000000145. The van der Waals surface area contributed by atoms with E-state index in [1.807, 2.05) is 38.1 Å². The summed E-state index contributed by atoms with van der Waals surface area (Å²) in [5, 5.41) is 16.1. The van der Waals surface area contributed by atoms with Crippen LogP contribution in [0.2, 0.25) is 0 Å². The minimum atomic E-state index is -0.314. The van der Waals surface area contributed by atoms with E-state index in [2.05, 4.69) is 103 Å². The predicted molar refractivity (Wildman–Crippen MR) is 193 cm³/mol. The molecule has 0 radical (unpaired) electrons. The molecule has 0 amide bonds. The highest BCUT2D eigenvalue weighted by Gasteiger charge is 2.17. The summed E-state index contributed by atoms with van der Waals surface area (Å²) in [4.78, 5) is 9.48. The van der Waals surface area contributed by atoms with Gasteiger partial charge >= 0.3 is 0 Å². The second-order valence-electron chi connectivity index (χ2n) is 12.5. The van der Waals surface area contributed by atoms with Gasteiger partial charge in [-0.05, 0) is 63.5 Å². The first kappa shape index (κ1) is 29.9. The van der Waals surface area contributed by atoms with Crippen LogP contribution in [-0.4, -0.2) is 18.8 Å². The third-order valence-electron chi connectivity index (χ3n) is 8.65. The molecule has 47 heavy (non-hydrogen) atoms. The number of nitrogens with zero attached hydrogens (tertiary/aromatic N) is 5. The van der Waals surface area contributed by atoms with Crippen molar-refractivity contribution in [3.05, 3.63) is 132 Å². The summed E-state index contributed by atoms with van der Waals surface area (Å²) in [6.45, 7) is 10.7. The van der Waals surface area contributed by atoms with Gasteiger partial charge in [0.05, 0.1) is 27.6 Å². The minimum absolute atomic E-state index is 0.130. The fourth-order valence-corrected chi connectivity index (χ4v) is 6.31. The SMILES string of the molecule is CC.CC(C)(C)c1ccc2nc3c4ccc5ccccc5c4ccn3c2c1.N#Cc1cn2c3cc(F)ccc3nc2c2ccccc12. The first-order chi connectivity index (χ1) is 22.8. The second-order valence-corrected chi connectivity index (χ2v) is 12.5. The van der Waals surface area contributed by atoms with Crippen molar-refractivity contribution in [1.29, 1.82) is 5.26 Å². The van der Waals surface area contributed by atoms with E-state index in [0.717, 1.165) is 27.6 Å². The van der Waals surface area contributed by atoms with Crippen LogP contribution in [0.4, 0.5) is 4.39 Å². The zero-order valence-corrected chi connectivity index (χ0v) is 27.1. The minimum Gasteiger partial charge on any atom is -0.299 e. The van der Waals surface area contributed by atoms with Gasteiger partial charge in [0.1, 0.15) is 23.2 Å². The normalized spacial score (nSPS) is 11.6. The molecule has 0 saturated heterocycles. The molecule has 0 saturated carbocycles. The van der Waals surface area contributed by atoms with Crippen LogP contribution in [-0.2, 0) is 5.41 Å². The van der Waals surface area contributed by atoms with Crippen molar-refractivity contribution in [2.45, 2.75) is 40.0 Å². The largest absolute Gasteiger partial charge is 0.299 e. The van der Waals surface area contributed by atoms with E-state index in [1.54, 1.807) is 16.7 Å². The number of nitriles is 1. The van der Waals surface area contributed by atoms with Crippen LogP contribution in [0.25, 0.3) is 65.7 Å². The van der Waals surface area contributed by atoms with Crippen LogP contribution in [0.1, 0.15) is 45.7 Å². The summed E-state index contributed by atoms with van der Waals surface area (Å²) in [7, 11) is 0. The Morgan fingerprint density at radius 3 is 1.98 bits per heavy atom. The molecule has 6 heteroatoms. The molecule has 9 rings (SSSR count). The predicted octanol–water partition coefficient (Wildman–Crippen LogP) is 10.8. The van der Waals surface area contributed by atoms with Gasteiger partial charge in [-0.25, -0.2) is 14.4 Å². The third kappa shape index (κ3) is 5.01. The van der Waals surface area contributed by atoms with E-state index in [0.29, 0.717) is 16.6 Å². The molecule has 0 unspecified atom stereocenters. The number of aromatic nitrogens is 4. The maximum Gasteiger partial charge on any atom is 0.145 e. The lowest BCUT2D eigenvalue weighted by atomic mass is 9.87. The lowest BCUT2D eigenvalue weighted by molar-refractivity contribution is 0.591. The first-order valence-corrected chi connectivity index (χ1v) is 15.9. The van der Waals surface area contributed by atoms with Crippen molar-refractivity contribution < 1.29 is 4.39 Å². The van der Waals surface area contributed by atoms with E-state index in [-0.39, 0.29) is 11.2 Å². The van der Waals surface area contributed by atoms with E-state index < -0.39 is 0 Å². The van der Waals surface area contributed by atoms with Crippen molar-refractivity contribution in [2.24, 2.45) is 0 Å². The number of halogens is 1. The highest BCUT2D eigenvalue weighted by Crippen LogP contribution is 2.32. The number of imidazole rings is 2. The lowest BCUT2D eigenvalue weighted by Crippen LogP contribution is -2.10. The molecule has 0 aliphatic heterocycles. The van der Waals surface area contributed by atoms with Gasteiger partial charge in [0, 0.05) is 34.6 Å². The van der Waals surface area contributed by atoms with Crippen LogP contribution in [0.5, 0.6) is 0 Å². The Labute approximate surface area is 272 Å². The second kappa shape index (κ2) is 11.5. The van der Waals surface area contributed by atoms with Crippen molar-refractivity contribution >= 4 is 65.7 Å². The third-order valence-corrected chi connectivity index (χ3v) is 8.65. The Hall–Kier alpha value is -5.80. The van der Waals surface area contributed by atoms with Crippen molar-refractivity contribution in [3.8, 4) is 6.07 Å². The average molecular weight is 616 g/mol. The summed E-state index contributed by atoms with van der Waals surface area (Å²) < 4.78 is 17.4. The number of hydrogen-bond acceptors (Lipinski definition) is 3. The van der Waals surface area contributed by atoms with Crippen molar-refractivity contribution in [2.75, 3.05) is 0 Å². The Morgan fingerprint density at radius 1 is 0.638 bits per heavy atom. The molecule has 9 aromatic rings. The molecule has 5 nitrogen and oxygen atoms in total. The maximum absolute atomic E-state index is 13.4. The first-order valence-electron chi connectivity index (χ1n) is 15.9. The van der Waals surface area contributed by atoms with E-state index >= 15 is 0 Å². The topological polar surface area (TPSA) is 58.4 Å². The molecule has 4 aromatic heterocycles. The molecule has 0 N–H and O–H groups in total. The Kier molecular flexibility index (Phi) is 7.33. The summed E-state index contributed by atoms with van der Waals surface area (Å²) >= 11 is 0. The van der Waals surface area contributed by atoms with Gasteiger partial charge in [0.2, 0.25) is 0 Å². The van der Waals surface area contributed by atoms with Crippen LogP contribution in [0.15, 0.2) is 116 Å². The summed E-state index contributed by atoms with van der Waals surface area (Å²) in [6, 6.07) is 36.1. The maximum atomic E-state index is 13.4. The molecule has 0 aliphatic carbocycles. The quantitative estimate of drug-likeness (QED) is 0.160. The molecule has 0 spiro atoms. The molecule has 0 aliphatic rings. The standard InChI is InChI=1S/C23H20N2.C16H8FN3.C2H6/c1-23(2,3)16-9-11-20-21(14-16)25-13-12-18-17-7-5-4-6-15(17)8-10-19(18)22(25)24-20;17-11-5-6-14-15(7-11)20-9-10(8-18)12-3-1-2-4-13(12)16(20)19-14;1-2/h4-14H,1-3H3;1-7,9H;1-2H3. The summed E-state index contributed by atoms with van der Waals surface area (Å²) in [5.74, 6) is -0.314. The molecule has 4 heterocycles. The van der Waals surface area contributed by atoms with E-state index in [9.17, 15) is 9.65 Å². The van der Waals surface area contributed by atoms with Crippen LogP contribution in [0, 0.1) is 17.1 Å². The van der Waals surface area contributed by atoms with Gasteiger partial charge in [-0.15, -0.1) is 0 Å². The number of pyridine rings is 2. The molecular formula is C41H34FN5. The monoisotopic (exact) mass is 615 g/mol. The molecule has 0 fully saturated rings. The van der Waals surface area contributed by atoms with E-state index in [4.69, 9.17) is 4.98 Å². The lowest BCUT2D eigenvalue weighted by Gasteiger charge is -2.18. The van der Waals surface area contributed by atoms with Crippen molar-refractivity contribution in [1.82, 2.24) is 18.8 Å². The highest BCUT2D eigenvalue weighted by atomic mass is 19.1. The Bertz CT molecular complexity index is 2670. The fourth-order valence-electron chi connectivity index (χ4n) is 6.31. The van der Waals surface area contributed by atoms with E-state index in [1.165, 1.54) is 44.8 Å². The highest BCUT2D eigenvalue weighted by molar-refractivity contribution is 6.12. The number of hydrogen-bond donors (Lipinski definition) is 0. The van der Waals surface area contributed by atoms with Gasteiger partial charge in [0.25, 0.3) is 0 Å². The summed E-state index contributed by atoms with van der Waals surface area (Å²) in [5.41, 5.74) is 7.40. The summed E-state index contributed by atoms with van der Waals surface area (Å²) in [6.07, 6.45) is 3.87. The average Bonchev–Trinajstić information content (AvgIpc) is 3.66. The molecular weight excluding hydrogens is 581 g/mol. The molecule has 5 aromatic carbocycles. The van der Waals surface area contributed by atoms with Gasteiger partial charge in [-0.1, -0.05) is 95.3 Å². The number of fused-ring (bicyclic) bond motifs is 12. The molecule has 0 atom stereocenters. The van der Waals surface area contributed by atoms with Crippen LogP contribution < -0.4 is 0 Å². The van der Waals surface area contributed by atoms with Gasteiger partial charge < -0.3 is 0 Å². The van der Waals surface area contributed by atoms with Crippen molar-refractivity contribution in [3.63, 3.8) is 0 Å². The molecule has 230 valence electrons. The van der Waals surface area contributed by atoms with Gasteiger partial charge in [-0.3, -0.25) is 8.80 Å². The van der Waals surface area contributed by atoms with Crippen LogP contribution >= 0.6 is 0 Å². The number of benzene rings is 5. The van der Waals surface area contributed by atoms with Gasteiger partial charge in [-0.2, -0.15) is 5.26 Å².